The van der Waals surface area contributed by atoms with Gasteiger partial charge in [-0.3, -0.25) is 9.59 Å². The Labute approximate surface area is 151 Å². The molecule has 2 amide bonds. The Bertz CT molecular complexity index is 649. The monoisotopic (exact) mass is 342 g/mol. The van der Waals surface area contributed by atoms with E-state index in [1.165, 1.54) is 18.4 Å². The molecule has 0 radical (unpaired) electrons. The predicted octanol–water partition coefficient (Wildman–Crippen LogP) is 4.37. The van der Waals surface area contributed by atoms with E-state index in [1.54, 1.807) is 11.8 Å². The number of allylic oxidation sites excluding steroid dienone is 1. The van der Waals surface area contributed by atoms with Gasteiger partial charge in [-0.05, 0) is 63.1 Å². The molecular formula is C21H30N2O2. The van der Waals surface area contributed by atoms with Crippen LogP contribution in [-0.4, -0.2) is 29.8 Å². The van der Waals surface area contributed by atoms with Crippen molar-refractivity contribution < 1.29 is 9.59 Å². The van der Waals surface area contributed by atoms with E-state index in [1.807, 2.05) is 32.0 Å². The number of hydrogen-bond acceptors (Lipinski definition) is 2. The maximum absolute atomic E-state index is 12.2. The first kappa shape index (κ1) is 19.2. The van der Waals surface area contributed by atoms with Crippen LogP contribution in [0.15, 0.2) is 29.8 Å². The van der Waals surface area contributed by atoms with Crippen LogP contribution in [0.25, 0.3) is 0 Å². The SMILES string of the molecule is CC(=O)N(CCC(=O)Nc1cc(C)ccc1C)CCC1=CCCCC1. The third-order valence-electron chi connectivity index (χ3n) is 4.81. The van der Waals surface area contributed by atoms with Gasteiger partial charge < -0.3 is 10.2 Å². The Morgan fingerprint density at radius 1 is 1.16 bits per heavy atom. The summed E-state index contributed by atoms with van der Waals surface area (Å²) in [5, 5.41) is 2.96. The number of hydrogen-bond donors (Lipinski definition) is 1. The molecule has 0 aromatic heterocycles. The topological polar surface area (TPSA) is 49.4 Å². The number of aryl methyl sites for hydroxylation is 2. The largest absolute Gasteiger partial charge is 0.342 e. The average Bonchev–Trinajstić information content (AvgIpc) is 2.58. The number of carbonyl (C=O) groups is 2. The third kappa shape index (κ3) is 6.37. The molecule has 0 fully saturated rings. The van der Waals surface area contributed by atoms with Gasteiger partial charge in [0.2, 0.25) is 11.8 Å². The summed E-state index contributed by atoms with van der Waals surface area (Å²) >= 11 is 0. The van der Waals surface area contributed by atoms with Crippen LogP contribution in [0.2, 0.25) is 0 Å². The van der Waals surface area contributed by atoms with Gasteiger partial charge in [0.1, 0.15) is 0 Å². The van der Waals surface area contributed by atoms with Crippen molar-refractivity contribution in [2.45, 2.75) is 59.3 Å². The van der Waals surface area contributed by atoms with Crippen LogP contribution in [0, 0.1) is 13.8 Å². The minimum atomic E-state index is -0.0446. The smallest absolute Gasteiger partial charge is 0.226 e. The number of carbonyl (C=O) groups excluding carboxylic acids is 2. The fourth-order valence-corrected chi connectivity index (χ4v) is 3.16. The molecule has 0 atom stereocenters. The minimum absolute atomic E-state index is 0.0379. The molecule has 0 saturated carbocycles. The molecule has 1 aliphatic rings. The number of benzene rings is 1. The molecule has 1 aliphatic carbocycles. The molecule has 0 spiro atoms. The first-order valence-corrected chi connectivity index (χ1v) is 9.26. The highest BCUT2D eigenvalue weighted by Crippen LogP contribution is 2.20. The van der Waals surface area contributed by atoms with Gasteiger partial charge in [-0.1, -0.05) is 23.8 Å². The van der Waals surface area contributed by atoms with E-state index in [2.05, 4.69) is 11.4 Å². The highest BCUT2D eigenvalue weighted by molar-refractivity contribution is 5.92. The minimum Gasteiger partial charge on any atom is -0.342 e. The summed E-state index contributed by atoms with van der Waals surface area (Å²) < 4.78 is 0. The van der Waals surface area contributed by atoms with Crippen LogP contribution in [0.4, 0.5) is 5.69 Å². The first-order chi connectivity index (χ1) is 12.0. The van der Waals surface area contributed by atoms with Crippen molar-refractivity contribution in [3.05, 3.63) is 41.0 Å². The molecule has 136 valence electrons. The van der Waals surface area contributed by atoms with Crippen molar-refractivity contribution in [3.8, 4) is 0 Å². The molecule has 0 unspecified atom stereocenters. The fourth-order valence-electron chi connectivity index (χ4n) is 3.16. The quantitative estimate of drug-likeness (QED) is 0.748. The van der Waals surface area contributed by atoms with E-state index < -0.39 is 0 Å². The highest BCUT2D eigenvalue weighted by atomic mass is 16.2. The molecule has 0 aliphatic heterocycles. The standard InChI is InChI=1S/C21H30N2O2/c1-16-9-10-17(2)20(15-16)22-21(25)12-14-23(18(3)24)13-11-19-7-5-4-6-8-19/h7,9-10,15H,4-6,8,11-14H2,1-3H3,(H,22,25). The first-order valence-electron chi connectivity index (χ1n) is 9.26. The molecule has 1 N–H and O–H groups in total. The predicted molar refractivity (Wildman–Crippen MR) is 103 cm³/mol. The molecule has 1 aromatic carbocycles. The van der Waals surface area contributed by atoms with Gasteiger partial charge in [0.05, 0.1) is 0 Å². The summed E-state index contributed by atoms with van der Waals surface area (Å²) in [6, 6.07) is 6.01. The zero-order valence-corrected chi connectivity index (χ0v) is 15.7. The van der Waals surface area contributed by atoms with E-state index in [0.29, 0.717) is 19.5 Å². The summed E-state index contributed by atoms with van der Waals surface area (Å²) in [7, 11) is 0. The maximum Gasteiger partial charge on any atom is 0.226 e. The number of nitrogens with zero attached hydrogens (tertiary/aromatic N) is 1. The summed E-state index contributed by atoms with van der Waals surface area (Å²) in [4.78, 5) is 25.9. The summed E-state index contributed by atoms with van der Waals surface area (Å²) in [5.41, 5.74) is 4.47. The lowest BCUT2D eigenvalue weighted by molar-refractivity contribution is -0.129. The van der Waals surface area contributed by atoms with Crippen molar-refractivity contribution in [1.82, 2.24) is 4.90 Å². The van der Waals surface area contributed by atoms with Crippen LogP contribution >= 0.6 is 0 Å². The zero-order chi connectivity index (χ0) is 18.2. The Morgan fingerprint density at radius 2 is 1.96 bits per heavy atom. The van der Waals surface area contributed by atoms with E-state index in [4.69, 9.17) is 0 Å². The number of rotatable bonds is 7. The molecule has 0 saturated heterocycles. The highest BCUT2D eigenvalue weighted by Gasteiger charge is 2.13. The zero-order valence-electron chi connectivity index (χ0n) is 15.7. The second kappa shape index (κ2) is 9.40. The molecule has 25 heavy (non-hydrogen) atoms. The second-order valence-electron chi connectivity index (χ2n) is 6.98. The van der Waals surface area contributed by atoms with Gasteiger partial charge in [-0.2, -0.15) is 0 Å². The second-order valence-corrected chi connectivity index (χ2v) is 6.98. The van der Waals surface area contributed by atoms with Gasteiger partial charge in [0, 0.05) is 32.1 Å². The average molecular weight is 342 g/mol. The molecule has 0 bridgehead atoms. The Balaban J connectivity index is 1.83. The van der Waals surface area contributed by atoms with E-state index in [9.17, 15) is 9.59 Å². The van der Waals surface area contributed by atoms with Crippen molar-refractivity contribution in [2.24, 2.45) is 0 Å². The summed E-state index contributed by atoms with van der Waals surface area (Å²) in [6.07, 6.45) is 8.41. The van der Waals surface area contributed by atoms with Gasteiger partial charge in [0.25, 0.3) is 0 Å². The molecule has 0 heterocycles. The van der Waals surface area contributed by atoms with E-state index >= 15 is 0 Å². The van der Waals surface area contributed by atoms with Gasteiger partial charge >= 0.3 is 0 Å². The van der Waals surface area contributed by atoms with Gasteiger partial charge in [0.15, 0.2) is 0 Å². The normalized spacial score (nSPS) is 14.0. The summed E-state index contributed by atoms with van der Waals surface area (Å²) in [5.74, 6) is -0.00669. The molecule has 4 heteroatoms. The van der Waals surface area contributed by atoms with Crippen molar-refractivity contribution in [1.29, 1.82) is 0 Å². The van der Waals surface area contributed by atoms with E-state index in [-0.39, 0.29) is 11.8 Å². The third-order valence-corrected chi connectivity index (χ3v) is 4.81. The lowest BCUT2D eigenvalue weighted by Gasteiger charge is -2.22. The number of amides is 2. The molecule has 1 aromatic rings. The Kier molecular flexibility index (Phi) is 7.23. The van der Waals surface area contributed by atoms with Crippen molar-refractivity contribution >= 4 is 17.5 Å². The molecule has 4 nitrogen and oxygen atoms in total. The van der Waals surface area contributed by atoms with Crippen LogP contribution in [0.5, 0.6) is 0 Å². The number of nitrogens with one attached hydrogen (secondary N) is 1. The lowest BCUT2D eigenvalue weighted by atomic mass is 9.97. The number of anilines is 1. The maximum atomic E-state index is 12.2. The Hall–Kier alpha value is -2.10. The van der Waals surface area contributed by atoms with Crippen molar-refractivity contribution in [2.75, 3.05) is 18.4 Å². The lowest BCUT2D eigenvalue weighted by Crippen LogP contribution is -2.33. The Morgan fingerprint density at radius 3 is 2.64 bits per heavy atom. The van der Waals surface area contributed by atoms with Gasteiger partial charge in [-0.15, -0.1) is 0 Å². The van der Waals surface area contributed by atoms with Crippen LogP contribution in [0.3, 0.4) is 0 Å². The van der Waals surface area contributed by atoms with Crippen LogP contribution in [-0.2, 0) is 9.59 Å². The molecule has 2 rings (SSSR count). The molecular weight excluding hydrogens is 312 g/mol. The van der Waals surface area contributed by atoms with Crippen LogP contribution in [0.1, 0.15) is 56.6 Å². The van der Waals surface area contributed by atoms with Crippen molar-refractivity contribution in [3.63, 3.8) is 0 Å². The fraction of sp³-hybridized carbons (Fsp3) is 0.524. The van der Waals surface area contributed by atoms with E-state index in [0.717, 1.165) is 36.1 Å². The van der Waals surface area contributed by atoms with Gasteiger partial charge in [-0.25, -0.2) is 0 Å². The van der Waals surface area contributed by atoms with Crippen LogP contribution < -0.4 is 5.32 Å². The summed E-state index contributed by atoms with van der Waals surface area (Å²) in [6.45, 7) is 6.75.